The number of nitroso groups, excluding NO2 is 1. The molecule has 9 heavy (non-hydrogen) atoms. The van der Waals surface area contributed by atoms with Crippen LogP contribution in [0.15, 0.2) is 5.29 Å². The molecule has 0 N–H and O–H groups in total. The molecular weight excluding hydrogens is 124 g/mol. The highest BCUT2D eigenvalue weighted by Gasteiger charge is 2.48. The minimum absolute atomic E-state index is 0.184. The molecule has 0 unspecified atom stereocenters. The lowest BCUT2D eigenvalue weighted by Crippen LogP contribution is -2.31. The Balaban J connectivity index is 2.00. The highest BCUT2D eigenvalue weighted by molar-refractivity contribution is 4.79. The SMILES string of the molecule is O=NN1CCO[C@@H]2O[C@@H]21. The topological polar surface area (TPSA) is 54.4 Å². The molecule has 2 fully saturated rings. The van der Waals surface area contributed by atoms with Crippen LogP contribution in [0.4, 0.5) is 0 Å². The molecule has 2 saturated heterocycles. The van der Waals surface area contributed by atoms with Crippen molar-refractivity contribution in [3.63, 3.8) is 0 Å². The van der Waals surface area contributed by atoms with E-state index in [4.69, 9.17) is 9.47 Å². The third-order valence-electron chi connectivity index (χ3n) is 1.43. The van der Waals surface area contributed by atoms with E-state index in [-0.39, 0.29) is 12.5 Å². The minimum Gasteiger partial charge on any atom is -0.346 e. The zero-order valence-electron chi connectivity index (χ0n) is 4.69. The number of rotatable bonds is 1. The number of morpholine rings is 1. The quantitative estimate of drug-likeness (QED) is 0.360. The summed E-state index contributed by atoms with van der Waals surface area (Å²) in [6.45, 7) is 1.08. The lowest BCUT2D eigenvalue weighted by atomic mass is 10.5. The molecule has 2 atom stereocenters. The molecule has 0 spiro atoms. The van der Waals surface area contributed by atoms with Crippen molar-refractivity contribution in [3.8, 4) is 0 Å². The largest absolute Gasteiger partial charge is 0.346 e. The minimum atomic E-state index is -0.184. The van der Waals surface area contributed by atoms with Crippen molar-refractivity contribution in [2.45, 2.75) is 12.5 Å². The summed E-state index contributed by atoms with van der Waals surface area (Å²) in [5.74, 6) is 0. The van der Waals surface area contributed by atoms with Crippen molar-refractivity contribution in [1.82, 2.24) is 5.01 Å². The molecule has 0 aromatic carbocycles. The second-order valence-electron chi connectivity index (χ2n) is 2.01. The van der Waals surface area contributed by atoms with Crippen LogP contribution in [0, 0.1) is 4.91 Å². The van der Waals surface area contributed by atoms with Gasteiger partial charge in [0.25, 0.3) is 0 Å². The van der Waals surface area contributed by atoms with Gasteiger partial charge < -0.3 is 9.47 Å². The van der Waals surface area contributed by atoms with Crippen LogP contribution < -0.4 is 0 Å². The summed E-state index contributed by atoms with van der Waals surface area (Å²) >= 11 is 0. The highest BCUT2D eigenvalue weighted by Crippen LogP contribution is 2.30. The van der Waals surface area contributed by atoms with Gasteiger partial charge in [-0.3, -0.25) is 0 Å². The fourth-order valence-electron chi connectivity index (χ4n) is 0.901. The van der Waals surface area contributed by atoms with Crippen molar-refractivity contribution in [2.24, 2.45) is 5.29 Å². The maximum absolute atomic E-state index is 9.94. The molecule has 0 saturated carbocycles. The van der Waals surface area contributed by atoms with E-state index in [1.807, 2.05) is 0 Å². The summed E-state index contributed by atoms with van der Waals surface area (Å²) in [5, 5.41) is 4.10. The van der Waals surface area contributed by atoms with Gasteiger partial charge in [-0.25, -0.2) is 5.01 Å². The molecule has 5 heteroatoms. The predicted octanol–water partition coefficient (Wildman–Crippen LogP) is -0.318. The zero-order valence-corrected chi connectivity index (χ0v) is 4.69. The van der Waals surface area contributed by atoms with Gasteiger partial charge in [0.05, 0.1) is 18.4 Å². The Labute approximate surface area is 51.5 Å². The van der Waals surface area contributed by atoms with Gasteiger partial charge in [0, 0.05) is 0 Å². The average Bonchev–Trinajstić information content (AvgIpc) is 2.64. The van der Waals surface area contributed by atoms with Gasteiger partial charge in [-0.15, -0.1) is 4.91 Å². The molecule has 0 aromatic heterocycles. The monoisotopic (exact) mass is 130 g/mol. The van der Waals surface area contributed by atoms with Crippen LogP contribution in [0.3, 0.4) is 0 Å². The number of epoxide rings is 1. The standard InChI is InChI=1S/C4H6N2O3/c7-5-6-1-2-8-4-3(6)9-4/h3-4H,1-2H2/t3-,4+/m0/s1. The maximum atomic E-state index is 9.94. The van der Waals surface area contributed by atoms with Crippen LogP contribution >= 0.6 is 0 Å². The van der Waals surface area contributed by atoms with E-state index < -0.39 is 0 Å². The molecular formula is C4H6N2O3. The molecule has 0 aliphatic carbocycles. The second-order valence-corrected chi connectivity index (χ2v) is 2.01. The van der Waals surface area contributed by atoms with Crippen LogP contribution in [0.2, 0.25) is 0 Å². The lowest BCUT2D eigenvalue weighted by molar-refractivity contribution is 0.0207. The molecule has 0 aromatic rings. The summed E-state index contributed by atoms with van der Waals surface area (Å²) in [5.41, 5.74) is 0. The van der Waals surface area contributed by atoms with E-state index >= 15 is 0 Å². The molecule has 0 radical (unpaired) electrons. The Hall–Kier alpha value is -0.680. The third kappa shape index (κ3) is 0.691. The number of fused-ring (bicyclic) bond motifs is 1. The van der Waals surface area contributed by atoms with Crippen LogP contribution in [0.5, 0.6) is 0 Å². The number of hydrogen-bond donors (Lipinski definition) is 0. The molecule has 0 bridgehead atoms. The van der Waals surface area contributed by atoms with E-state index in [0.29, 0.717) is 13.2 Å². The highest BCUT2D eigenvalue weighted by atomic mass is 16.8. The van der Waals surface area contributed by atoms with Crippen LogP contribution in [-0.2, 0) is 9.47 Å². The van der Waals surface area contributed by atoms with Crippen LogP contribution in [0.25, 0.3) is 0 Å². The molecule has 2 heterocycles. The van der Waals surface area contributed by atoms with E-state index in [1.54, 1.807) is 0 Å². The number of hydrogen-bond acceptors (Lipinski definition) is 4. The Morgan fingerprint density at radius 3 is 3.22 bits per heavy atom. The Bertz CT molecular complexity index is 140. The molecule has 0 amide bonds. The second kappa shape index (κ2) is 1.65. The van der Waals surface area contributed by atoms with Gasteiger partial charge in [0.15, 0.2) is 0 Å². The van der Waals surface area contributed by atoms with Gasteiger partial charge in [-0.05, 0) is 0 Å². The zero-order chi connectivity index (χ0) is 6.27. The first kappa shape index (κ1) is 5.13. The average molecular weight is 130 g/mol. The first-order valence-corrected chi connectivity index (χ1v) is 2.79. The first-order valence-electron chi connectivity index (χ1n) is 2.79. The molecule has 2 aliphatic heterocycles. The smallest absolute Gasteiger partial charge is 0.207 e. The van der Waals surface area contributed by atoms with Crippen LogP contribution in [-0.4, -0.2) is 30.7 Å². The lowest BCUT2D eigenvalue weighted by Gasteiger charge is -2.15. The van der Waals surface area contributed by atoms with Crippen LogP contribution in [0.1, 0.15) is 0 Å². The van der Waals surface area contributed by atoms with Gasteiger partial charge in [-0.1, -0.05) is 0 Å². The van der Waals surface area contributed by atoms with Gasteiger partial charge in [0.2, 0.25) is 12.5 Å². The van der Waals surface area contributed by atoms with Crippen molar-refractivity contribution < 1.29 is 9.47 Å². The molecule has 5 nitrogen and oxygen atoms in total. The Kier molecular flexibility index (Phi) is 0.940. The van der Waals surface area contributed by atoms with E-state index in [0.717, 1.165) is 0 Å². The fourth-order valence-corrected chi connectivity index (χ4v) is 0.901. The number of ether oxygens (including phenoxy) is 2. The summed E-state index contributed by atoms with van der Waals surface area (Å²) in [4.78, 5) is 9.94. The Morgan fingerprint density at radius 1 is 1.67 bits per heavy atom. The van der Waals surface area contributed by atoms with Crippen molar-refractivity contribution in [3.05, 3.63) is 4.91 Å². The molecule has 2 aliphatic rings. The van der Waals surface area contributed by atoms with Gasteiger partial charge in [-0.2, -0.15) is 0 Å². The van der Waals surface area contributed by atoms with Gasteiger partial charge >= 0.3 is 0 Å². The fraction of sp³-hybridized carbons (Fsp3) is 1.00. The summed E-state index contributed by atoms with van der Waals surface area (Å²) in [6.07, 6.45) is -0.368. The maximum Gasteiger partial charge on any atom is 0.207 e. The normalized spacial score (nSPS) is 39.8. The molecule has 50 valence electrons. The van der Waals surface area contributed by atoms with Crippen molar-refractivity contribution in [2.75, 3.05) is 13.2 Å². The van der Waals surface area contributed by atoms with Gasteiger partial charge in [0.1, 0.15) is 0 Å². The predicted molar refractivity (Wildman–Crippen MR) is 27.1 cm³/mol. The summed E-state index contributed by atoms with van der Waals surface area (Å²) < 4.78 is 9.91. The van der Waals surface area contributed by atoms with E-state index in [9.17, 15) is 4.91 Å². The van der Waals surface area contributed by atoms with Crippen molar-refractivity contribution in [1.29, 1.82) is 0 Å². The number of nitrogens with zero attached hydrogens (tertiary/aromatic N) is 2. The third-order valence-corrected chi connectivity index (χ3v) is 1.43. The summed E-state index contributed by atoms with van der Waals surface area (Å²) in [7, 11) is 0. The van der Waals surface area contributed by atoms with E-state index in [1.165, 1.54) is 5.01 Å². The van der Waals surface area contributed by atoms with E-state index in [2.05, 4.69) is 5.29 Å². The van der Waals surface area contributed by atoms with Crippen molar-refractivity contribution >= 4 is 0 Å². The first-order chi connectivity index (χ1) is 4.42. The summed E-state index contributed by atoms with van der Waals surface area (Å²) in [6, 6.07) is 0. The Morgan fingerprint density at radius 2 is 2.56 bits per heavy atom. The molecule has 2 rings (SSSR count).